The van der Waals surface area contributed by atoms with Gasteiger partial charge in [-0.05, 0) is 30.5 Å². The predicted octanol–water partition coefficient (Wildman–Crippen LogP) is 2.54. The smallest absolute Gasteiger partial charge is 0.254 e. The first-order valence-corrected chi connectivity index (χ1v) is 7.56. The van der Waals surface area contributed by atoms with E-state index < -0.39 is 0 Å². The molecule has 1 saturated heterocycles. The van der Waals surface area contributed by atoms with Gasteiger partial charge in [-0.3, -0.25) is 9.48 Å². The number of nitrogens with zero attached hydrogens (tertiary/aromatic N) is 3. The number of aromatic nitrogens is 2. The van der Waals surface area contributed by atoms with E-state index in [9.17, 15) is 4.79 Å². The third-order valence-corrected chi connectivity index (χ3v) is 4.14. The van der Waals surface area contributed by atoms with Crippen molar-refractivity contribution in [2.45, 2.75) is 25.5 Å². The average molecular weight is 299 g/mol. The van der Waals surface area contributed by atoms with Gasteiger partial charge < -0.3 is 9.64 Å². The summed E-state index contributed by atoms with van der Waals surface area (Å²) in [5.74, 6) is 0.0929. The number of carbonyl (C=O) groups excluding carboxylic acids is 1. The molecule has 1 amide bonds. The lowest BCUT2D eigenvalue weighted by atomic mass is 10.1. The predicted molar refractivity (Wildman–Crippen MR) is 83.4 cm³/mol. The minimum atomic E-state index is 0.0929. The van der Waals surface area contributed by atoms with E-state index in [2.05, 4.69) is 5.10 Å². The van der Waals surface area contributed by atoms with Crippen molar-refractivity contribution in [3.63, 3.8) is 0 Å². The minimum Gasteiger partial charge on any atom is -0.380 e. The number of benzene rings is 1. The van der Waals surface area contributed by atoms with Crippen LogP contribution in [0.3, 0.4) is 0 Å². The van der Waals surface area contributed by atoms with Crippen molar-refractivity contribution in [2.75, 3.05) is 13.7 Å². The second kappa shape index (κ2) is 6.32. The molecule has 2 heterocycles. The van der Waals surface area contributed by atoms with E-state index in [1.54, 1.807) is 11.8 Å². The Labute approximate surface area is 130 Å². The maximum absolute atomic E-state index is 12.8. The van der Waals surface area contributed by atoms with Crippen molar-refractivity contribution in [3.8, 4) is 0 Å². The number of rotatable bonds is 4. The molecule has 1 aliphatic heterocycles. The molecule has 116 valence electrons. The van der Waals surface area contributed by atoms with Crippen LogP contribution < -0.4 is 0 Å². The molecule has 0 saturated carbocycles. The highest BCUT2D eigenvalue weighted by molar-refractivity contribution is 5.94. The monoisotopic (exact) mass is 299 g/mol. The third kappa shape index (κ3) is 2.90. The molecular weight excluding hydrogens is 278 g/mol. The molecule has 0 N–H and O–H groups in total. The number of aryl methyl sites for hydroxylation is 1. The first kappa shape index (κ1) is 14.8. The Kier molecular flexibility index (Phi) is 4.24. The summed E-state index contributed by atoms with van der Waals surface area (Å²) in [5.41, 5.74) is 2.92. The molecule has 5 heteroatoms. The minimum absolute atomic E-state index is 0.0929. The van der Waals surface area contributed by atoms with Crippen LogP contribution in [0.4, 0.5) is 0 Å². The normalized spacial score (nSPS) is 17.9. The van der Waals surface area contributed by atoms with Gasteiger partial charge in [0.25, 0.3) is 5.91 Å². The van der Waals surface area contributed by atoms with Gasteiger partial charge in [0.15, 0.2) is 0 Å². The zero-order valence-electron chi connectivity index (χ0n) is 13.0. The van der Waals surface area contributed by atoms with Crippen LogP contribution in [0.15, 0.2) is 36.7 Å². The number of likely N-dealkylation sites (tertiary alicyclic amines) is 1. The lowest BCUT2D eigenvalue weighted by Gasteiger charge is -2.24. The van der Waals surface area contributed by atoms with Gasteiger partial charge in [0, 0.05) is 38.0 Å². The van der Waals surface area contributed by atoms with Crippen molar-refractivity contribution in [1.29, 1.82) is 0 Å². The fraction of sp³-hybridized carbons (Fsp3) is 0.412. The molecule has 1 fully saturated rings. The summed E-state index contributed by atoms with van der Waals surface area (Å²) in [4.78, 5) is 14.7. The number of methoxy groups -OCH3 is 1. The molecule has 0 unspecified atom stereocenters. The Morgan fingerprint density at radius 1 is 1.36 bits per heavy atom. The Bertz CT molecular complexity index is 648. The van der Waals surface area contributed by atoms with Crippen LogP contribution in [-0.2, 0) is 18.4 Å². The standard InChI is InChI=1S/C17H21N3O2/c1-19-11-15(10-18-19)16-4-3-9-20(16)17(21)14-7-5-13(6-8-14)12-22-2/h5-8,10-11,16H,3-4,9,12H2,1-2H3/t16-/m0/s1. The van der Waals surface area contributed by atoms with E-state index in [1.165, 1.54) is 0 Å². The van der Waals surface area contributed by atoms with Crippen molar-refractivity contribution in [1.82, 2.24) is 14.7 Å². The van der Waals surface area contributed by atoms with Crippen LogP contribution in [0.1, 0.15) is 40.4 Å². The molecule has 0 radical (unpaired) electrons. The van der Waals surface area contributed by atoms with E-state index in [1.807, 2.05) is 48.6 Å². The van der Waals surface area contributed by atoms with Gasteiger partial charge in [0.05, 0.1) is 18.8 Å². The second-order valence-electron chi connectivity index (χ2n) is 5.73. The number of carbonyl (C=O) groups is 1. The van der Waals surface area contributed by atoms with Crippen molar-refractivity contribution < 1.29 is 9.53 Å². The van der Waals surface area contributed by atoms with Crippen LogP contribution in [0.25, 0.3) is 0 Å². The van der Waals surface area contributed by atoms with E-state index >= 15 is 0 Å². The Morgan fingerprint density at radius 3 is 2.77 bits per heavy atom. The molecule has 0 spiro atoms. The lowest BCUT2D eigenvalue weighted by Crippen LogP contribution is -2.30. The van der Waals surface area contributed by atoms with Gasteiger partial charge in [-0.25, -0.2) is 0 Å². The van der Waals surface area contributed by atoms with Gasteiger partial charge in [-0.1, -0.05) is 12.1 Å². The van der Waals surface area contributed by atoms with E-state index in [0.717, 1.165) is 36.1 Å². The zero-order chi connectivity index (χ0) is 15.5. The summed E-state index contributed by atoms with van der Waals surface area (Å²) in [7, 11) is 3.57. The third-order valence-electron chi connectivity index (χ3n) is 4.14. The fourth-order valence-electron chi connectivity index (χ4n) is 3.04. The van der Waals surface area contributed by atoms with E-state index in [0.29, 0.717) is 6.61 Å². The van der Waals surface area contributed by atoms with Crippen LogP contribution in [0.2, 0.25) is 0 Å². The maximum atomic E-state index is 12.8. The first-order chi connectivity index (χ1) is 10.7. The van der Waals surface area contributed by atoms with Crippen LogP contribution >= 0.6 is 0 Å². The molecule has 2 aromatic rings. The quantitative estimate of drug-likeness (QED) is 0.871. The molecule has 0 aliphatic carbocycles. The number of hydrogen-bond donors (Lipinski definition) is 0. The summed E-state index contributed by atoms with van der Waals surface area (Å²) < 4.78 is 6.89. The lowest BCUT2D eigenvalue weighted by molar-refractivity contribution is 0.0735. The highest BCUT2D eigenvalue weighted by Gasteiger charge is 2.31. The van der Waals surface area contributed by atoms with Gasteiger partial charge in [0.2, 0.25) is 0 Å². The van der Waals surface area contributed by atoms with Crippen LogP contribution in [0.5, 0.6) is 0 Å². The van der Waals surface area contributed by atoms with Crippen LogP contribution in [0, 0.1) is 0 Å². The highest BCUT2D eigenvalue weighted by Crippen LogP contribution is 2.32. The molecule has 22 heavy (non-hydrogen) atoms. The molecule has 1 atom stereocenters. The highest BCUT2D eigenvalue weighted by atomic mass is 16.5. The van der Waals surface area contributed by atoms with Crippen LogP contribution in [-0.4, -0.2) is 34.2 Å². The average Bonchev–Trinajstić information content (AvgIpc) is 3.16. The topological polar surface area (TPSA) is 47.4 Å². The van der Waals surface area contributed by atoms with Crippen molar-refractivity contribution in [3.05, 3.63) is 53.3 Å². The summed E-state index contributed by atoms with van der Waals surface area (Å²) >= 11 is 0. The summed E-state index contributed by atoms with van der Waals surface area (Å²) in [5, 5.41) is 4.22. The van der Waals surface area contributed by atoms with Gasteiger partial charge in [-0.2, -0.15) is 5.10 Å². The molecule has 5 nitrogen and oxygen atoms in total. The van der Waals surface area contributed by atoms with Crippen molar-refractivity contribution >= 4 is 5.91 Å². The molecule has 1 aromatic carbocycles. The van der Waals surface area contributed by atoms with Gasteiger partial charge in [-0.15, -0.1) is 0 Å². The van der Waals surface area contributed by atoms with Gasteiger partial charge in [0.1, 0.15) is 0 Å². The Balaban J connectivity index is 1.78. The molecule has 1 aliphatic rings. The summed E-state index contributed by atoms with van der Waals surface area (Å²) in [6.07, 6.45) is 5.89. The van der Waals surface area contributed by atoms with E-state index in [-0.39, 0.29) is 11.9 Å². The number of hydrogen-bond acceptors (Lipinski definition) is 3. The molecule has 3 rings (SSSR count). The number of ether oxygens (including phenoxy) is 1. The largest absolute Gasteiger partial charge is 0.380 e. The first-order valence-electron chi connectivity index (χ1n) is 7.56. The molecule has 0 bridgehead atoms. The van der Waals surface area contributed by atoms with Gasteiger partial charge >= 0.3 is 0 Å². The van der Waals surface area contributed by atoms with E-state index in [4.69, 9.17) is 4.74 Å². The second-order valence-corrected chi connectivity index (χ2v) is 5.73. The van der Waals surface area contributed by atoms with Crippen molar-refractivity contribution in [2.24, 2.45) is 7.05 Å². The Hall–Kier alpha value is -2.14. The fourth-order valence-corrected chi connectivity index (χ4v) is 3.04. The Morgan fingerprint density at radius 2 is 2.14 bits per heavy atom. The molecule has 1 aromatic heterocycles. The zero-order valence-corrected chi connectivity index (χ0v) is 13.0. The summed E-state index contributed by atoms with van der Waals surface area (Å²) in [6, 6.07) is 7.81. The molecular formula is C17H21N3O2. The maximum Gasteiger partial charge on any atom is 0.254 e. The SMILES string of the molecule is COCc1ccc(C(=O)N2CCC[C@H]2c2cnn(C)c2)cc1. The summed E-state index contributed by atoms with van der Waals surface area (Å²) in [6.45, 7) is 1.37. The number of amides is 1.